The molecule has 1 aromatic carbocycles. The summed E-state index contributed by atoms with van der Waals surface area (Å²) < 4.78 is 0. The Morgan fingerprint density at radius 3 is 2.12 bits per heavy atom. The quantitative estimate of drug-likeness (QED) is 0.794. The summed E-state index contributed by atoms with van der Waals surface area (Å²) in [6.07, 6.45) is 0.759. The number of hydrogen-bond acceptors (Lipinski definition) is 2. The minimum absolute atomic E-state index is 0.431. The van der Waals surface area contributed by atoms with E-state index in [-0.39, 0.29) is 0 Å². The van der Waals surface area contributed by atoms with Crippen LogP contribution in [0.3, 0.4) is 0 Å². The number of hydrogen-bond donors (Lipinski definition) is 0. The highest BCUT2D eigenvalue weighted by molar-refractivity contribution is 5.27. The van der Waals surface area contributed by atoms with Crippen molar-refractivity contribution in [3.05, 3.63) is 35.4 Å². The van der Waals surface area contributed by atoms with Gasteiger partial charge in [-0.3, -0.25) is 4.90 Å². The number of nitrogens with zero attached hydrogens (tertiary/aromatic N) is 2. The Balaban J connectivity index is 2.86. The number of rotatable bonds is 4. The smallest absolute Gasteiger partial charge is 0.109 e. The molecule has 0 aromatic heterocycles. The summed E-state index contributed by atoms with van der Waals surface area (Å²) in [6.45, 7) is 6.35. The molecular weight excluding hydrogens is 208 g/mol. The molecule has 0 bridgehead atoms. The lowest BCUT2D eigenvalue weighted by molar-refractivity contribution is 0.237. The monoisotopic (exact) mass is 230 g/mol. The molecular formula is C15H22N2. The molecule has 1 rings (SSSR count). The molecule has 0 aliphatic heterocycles. The van der Waals surface area contributed by atoms with Crippen LogP contribution in [-0.4, -0.2) is 24.5 Å². The van der Waals surface area contributed by atoms with Crippen LogP contribution in [0.5, 0.6) is 0 Å². The van der Waals surface area contributed by atoms with Crippen LogP contribution >= 0.6 is 0 Å². The molecule has 0 radical (unpaired) electrons. The average molecular weight is 230 g/mol. The van der Waals surface area contributed by atoms with Crippen LogP contribution in [0.25, 0.3) is 0 Å². The Morgan fingerprint density at radius 2 is 1.76 bits per heavy atom. The lowest BCUT2D eigenvalue weighted by Gasteiger charge is -2.29. The zero-order valence-electron chi connectivity index (χ0n) is 11.5. The van der Waals surface area contributed by atoms with Gasteiger partial charge < -0.3 is 0 Å². The Morgan fingerprint density at radius 1 is 1.24 bits per heavy atom. The highest BCUT2D eigenvalue weighted by Gasteiger charge is 2.26. The molecule has 0 saturated carbocycles. The predicted molar refractivity (Wildman–Crippen MR) is 71.9 cm³/mol. The second-order valence-corrected chi connectivity index (χ2v) is 5.35. The van der Waals surface area contributed by atoms with E-state index in [0.717, 1.165) is 6.42 Å². The molecule has 0 aliphatic rings. The summed E-state index contributed by atoms with van der Waals surface area (Å²) in [7, 11) is 3.90. The molecule has 1 unspecified atom stereocenters. The van der Waals surface area contributed by atoms with Crippen molar-refractivity contribution in [1.82, 2.24) is 4.90 Å². The summed E-state index contributed by atoms with van der Waals surface area (Å²) >= 11 is 0. The third kappa shape index (κ3) is 3.31. The molecule has 0 N–H and O–H groups in total. The molecule has 17 heavy (non-hydrogen) atoms. The summed E-state index contributed by atoms with van der Waals surface area (Å²) in [5, 5.41) is 9.27. The van der Waals surface area contributed by atoms with Gasteiger partial charge in [0.2, 0.25) is 0 Å². The van der Waals surface area contributed by atoms with E-state index in [9.17, 15) is 5.26 Å². The van der Waals surface area contributed by atoms with Crippen LogP contribution in [0.2, 0.25) is 0 Å². The van der Waals surface area contributed by atoms with Gasteiger partial charge in [0.15, 0.2) is 0 Å². The highest BCUT2D eigenvalue weighted by atomic mass is 15.1. The lowest BCUT2D eigenvalue weighted by atomic mass is 9.92. The number of nitriles is 1. The first-order valence-electron chi connectivity index (χ1n) is 6.06. The van der Waals surface area contributed by atoms with Gasteiger partial charge in [-0.15, -0.1) is 0 Å². The molecule has 0 saturated heterocycles. The number of benzene rings is 1. The Bertz CT molecular complexity index is 398. The molecule has 0 amide bonds. The van der Waals surface area contributed by atoms with Crippen molar-refractivity contribution >= 4 is 0 Å². The second-order valence-electron chi connectivity index (χ2n) is 5.35. The van der Waals surface area contributed by atoms with Gasteiger partial charge in [0.25, 0.3) is 0 Å². The van der Waals surface area contributed by atoms with Crippen LogP contribution in [0.4, 0.5) is 0 Å². The summed E-state index contributed by atoms with van der Waals surface area (Å²) in [5.41, 5.74) is 2.13. The fraction of sp³-hybridized carbons (Fsp3) is 0.533. The van der Waals surface area contributed by atoms with Gasteiger partial charge in [-0.2, -0.15) is 5.26 Å². The van der Waals surface area contributed by atoms with E-state index in [0.29, 0.717) is 5.92 Å². The van der Waals surface area contributed by atoms with Crippen molar-refractivity contribution < 1.29 is 0 Å². The van der Waals surface area contributed by atoms with E-state index in [1.807, 2.05) is 25.9 Å². The molecule has 2 nitrogen and oxygen atoms in total. The third-order valence-electron chi connectivity index (χ3n) is 3.42. The van der Waals surface area contributed by atoms with Crippen molar-refractivity contribution in [2.45, 2.75) is 38.6 Å². The van der Waals surface area contributed by atoms with Crippen molar-refractivity contribution in [3.8, 4) is 6.07 Å². The largest absolute Gasteiger partial charge is 0.292 e. The van der Waals surface area contributed by atoms with Gasteiger partial charge in [-0.1, -0.05) is 38.1 Å². The van der Waals surface area contributed by atoms with Crippen molar-refractivity contribution in [1.29, 1.82) is 5.26 Å². The third-order valence-corrected chi connectivity index (χ3v) is 3.42. The first kappa shape index (κ1) is 13.7. The zero-order chi connectivity index (χ0) is 13.1. The average Bonchev–Trinajstić information content (AvgIpc) is 2.29. The highest BCUT2D eigenvalue weighted by Crippen LogP contribution is 2.20. The summed E-state index contributed by atoms with van der Waals surface area (Å²) in [6, 6.07) is 11.0. The molecule has 1 atom stereocenters. The topological polar surface area (TPSA) is 27.0 Å². The van der Waals surface area contributed by atoms with Crippen molar-refractivity contribution in [3.63, 3.8) is 0 Å². The first-order valence-corrected chi connectivity index (χ1v) is 6.06. The number of likely N-dealkylation sites (N-methyl/N-ethyl adjacent to an activating group) is 1. The van der Waals surface area contributed by atoms with E-state index < -0.39 is 5.54 Å². The minimum atomic E-state index is -0.431. The van der Waals surface area contributed by atoms with E-state index in [4.69, 9.17) is 0 Å². The van der Waals surface area contributed by atoms with E-state index in [1.54, 1.807) is 0 Å². The van der Waals surface area contributed by atoms with Gasteiger partial charge >= 0.3 is 0 Å². The van der Waals surface area contributed by atoms with Crippen LogP contribution in [0.1, 0.15) is 37.8 Å². The van der Waals surface area contributed by atoms with E-state index >= 15 is 0 Å². The Kier molecular flexibility index (Phi) is 4.31. The maximum absolute atomic E-state index is 9.27. The fourth-order valence-electron chi connectivity index (χ4n) is 1.72. The van der Waals surface area contributed by atoms with Crippen LogP contribution < -0.4 is 0 Å². The van der Waals surface area contributed by atoms with Gasteiger partial charge in [-0.25, -0.2) is 0 Å². The molecule has 0 heterocycles. The maximum atomic E-state index is 9.27. The zero-order valence-corrected chi connectivity index (χ0v) is 11.5. The minimum Gasteiger partial charge on any atom is -0.292 e. The lowest BCUT2D eigenvalue weighted by Crippen LogP contribution is -2.41. The maximum Gasteiger partial charge on any atom is 0.109 e. The van der Waals surface area contributed by atoms with Crippen molar-refractivity contribution in [2.24, 2.45) is 0 Å². The fourth-order valence-corrected chi connectivity index (χ4v) is 1.72. The molecule has 0 spiro atoms. The summed E-state index contributed by atoms with van der Waals surface area (Å²) in [4.78, 5) is 1.98. The molecule has 0 aliphatic carbocycles. The van der Waals surface area contributed by atoms with Crippen LogP contribution in [-0.2, 0) is 6.42 Å². The Labute approximate surface area is 105 Å². The van der Waals surface area contributed by atoms with Crippen LogP contribution in [0.15, 0.2) is 24.3 Å². The van der Waals surface area contributed by atoms with Gasteiger partial charge in [0, 0.05) is 6.42 Å². The predicted octanol–water partition coefficient (Wildman–Crippen LogP) is 3.20. The van der Waals surface area contributed by atoms with E-state index in [2.05, 4.69) is 44.2 Å². The molecule has 2 heteroatoms. The van der Waals surface area contributed by atoms with Gasteiger partial charge in [0.1, 0.15) is 5.54 Å². The van der Waals surface area contributed by atoms with Crippen molar-refractivity contribution in [2.75, 3.05) is 14.1 Å². The SMILES string of the molecule is CC(C)c1ccc(CC(C)(C#N)N(C)C)cc1. The molecule has 92 valence electrons. The van der Waals surface area contributed by atoms with Gasteiger partial charge in [-0.05, 0) is 38.1 Å². The summed E-state index contributed by atoms with van der Waals surface area (Å²) in [5.74, 6) is 0.556. The molecule has 0 fully saturated rings. The Hall–Kier alpha value is -1.33. The van der Waals surface area contributed by atoms with Gasteiger partial charge in [0.05, 0.1) is 6.07 Å². The molecule has 1 aromatic rings. The first-order chi connectivity index (χ1) is 7.89. The normalized spacial score (nSPS) is 14.7. The standard InChI is InChI=1S/C15H22N2/c1-12(2)14-8-6-13(7-9-14)10-15(3,11-16)17(4)5/h6-9,12H,10H2,1-5H3. The second kappa shape index (κ2) is 5.33. The van der Waals surface area contributed by atoms with Crippen LogP contribution in [0, 0.1) is 11.3 Å². The van der Waals surface area contributed by atoms with E-state index in [1.165, 1.54) is 11.1 Å².